The van der Waals surface area contributed by atoms with Crippen molar-refractivity contribution in [2.45, 2.75) is 39.3 Å². The number of hydrogen-bond acceptors (Lipinski definition) is 2. The molecule has 3 heteroatoms. The Morgan fingerprint density at radius 3 is 2.47 bits per heavy atom. The van der Waals surface area contributed by atoms with Crippen LogP contribution in [0.2, 0.25) is 0 Å². The molecule has 0 aliphatic rings. The standard InChI is InChI=1S/C12H18FNO/c1-3-11(4-2)14-8-9-5-10(13)7-12(15)6-9/h5-7,11,14-15H,3-4,8H2,1-2H3. The number of phenolic OH excluding ortho intramolecular Hbond substituents is 1. The topological polar surface area (TPSA) is 32.3 Å². The molecule has 0 aromatic heterocycles. The first-order valence-electron chi connectivity index (χ1n) is 5.37. The maximum absolute atomic E-state index is 12.9. The molecule has 15 heavy (non-hydrogen) atoms. The zero-order valence-electron chi connectivity index (χ0n) is 9.26. The Kier molecular flexibility index (Phi) is 4.56. The summed E-state index contributed by atoms with van der Waals surface area (Å²) in [4.78, 5) is 0. The van der Waals surface area contributed by atoms with Crippen molar-refractivity contribution in [3.8, 4) is 5.75 Å². The van der Waals surface area contributed by atoms with Crippen LogP contribution in [0.4, 0.5) is 4.39 Å². The second-order valence-electron chi connectivity index (χ2n) is 3.71. The van der Waals surface area contributed by atoms with E-state index in [9.17, 15) is 9.50 Å². The predicted molar refractivity (Wildman–Crippen MR) is 59.3 cm³/mol. The molecule has 0 aliphatic carbocycles. The molecule has 0 unspecified atom stereocenters. The third-order valence-corrected chi connectivity index (χ3v) is 2.52. The van der Waals surface area contributed by atoms with Crippen molar-refractivity contribution in [2.24, 2.45) is 0 Å². The van der Waals surface area contributed by atoms with Crippen molar-refractivity contribution in [2.75, 3.05) is 0 Å². The largest absolute Gasteiger partial charge is 0.508 e. The molecular formula is C12H18FNO. The molecule has 0 atom stereocenters. The highest BCUT2D eigenvalue weighted by molar-refractivity contribution is 5.28. The van der Waals surface area contributed by atoms with Crippen molar-refractivity contribution in [3.05, 3.63) is 29.6 Å². The fraction of sp³-hybridized carbons (Fsp3) is 0.500. The number of nitrogens with one attached hydrogen (secondary N) is 1. The van der Waals surface area contributed by atoms with Gasteiger partial charge in [-0.3, -0.25) is 0 Å². The quantitative estimate of drug-likeness (QED) is 0.785. The van der Waals surface area contributed by atoms with Gasteiger partial charge in [-0.15, -0.1) is 0 Å². The van der Waals surface area contributed by atoms with Gasteiger partial charge in [-0.1, -0.05) is 13.8 Å². The van der Waals surface area contributed by atoms with Gasteiger partial charge in [0.15, 0.2) is 0 Å². The first kappa shape index (κ1) is 12.0. The van der Waals surface area contributed by atoms with E-state index in [4.69, 9.17) is 0 Å². The Labute approximate surface area is 90.1 Å². The molecule has 0 amide bonds. The van der Waals surface area contributed by atoms with Gasteiger partial charge in [0.25, 0.3) is 0 Å². The minimum absolute atomic E-state index is 0.0173. The highest BCUT2D eigenvalue weighted by Gasteiger charge is 2.04. The van der Waals surface area contributed by atoms with E-state index in [0.717, 1.165) is 24.5 Å². The van der Waals surface area contributed by atoms with Gasteiger partial charge in [-0.05, 0) is 30.5 Å². The Morgan fingerprint density at radius 2 is 1.93 bits per heavy atom. The van der Waals surface area contributed by atoms with Gasteiger partial charge in [0.2, 0.25) is 0 Å². The van der Waals surface area contributed by atoms with Gasteiger partial charge in [-0.25, -0.2) is 4.39 Å². The van der Waals surface area contributed by atoms with E-state index in [1.54, 1.807) is 6.07 Å². The summed E-state index contributed by atoms with van der Waals surface area (Å²) in [5.74, 6) is -0.410. The number of rotatable bonds is 5. The summed E-state index contributed by atoms with van der Waals surface area (Å²) in [6, 6.07) is 4.59. The average Bonchev–Trinajstić information content (AvgIpc) is 2.18. The van der Waals surface area contributed by atoms with Crippen LogP contribution in [0.5, 0.6) is 5.75 Å². The fourth-order valence-corrected chi connectivity index (χ4v) is 1.57. The molecule has 0 spiro atoms. The molecule has 1 aromatic rings. The first-order chi connectivity index (χ1) is 7.15. The van der Waals surface area contributed by atoms with E-state index in [2.05, 4.69) is 19.2 Å². The van der Waals surface area contributed by atoms with Crippen LogP contribution in [0.25, 0.3) is 0 Å². The normalized spacial score (nSPS) is 10.9. The molecule has 0 saturated carbocycles. The summed E-state index contributed by atoms with van der Waals surface area (Å²) < 4.78 is 12.9. The summed E-state index contributed by atoms with van der Waals surface area (Å²) in [6.07, 6.45) is 2.11. The smallest absolute Gasteiger partial charge is 0.127 e. The second kappa shape index (κ2) is 5.71. The van der Waals surface area contributed by atoms with Crippen molar-refractivity contribution >= 4 is 0 Å². The van der Waals surface area contributed by atoms with Gasteiger partial charge in [-0.2, -0.15) is 0 Å². The number of aromatic hydroxyl groups is 1. The molecule has 0 saturated heterocycles. The van der Waals surface area contributed by atoms with Gasteiger partial charge < -0.3 is 10.4 Å². The molecule has 1 rings (SSSR count). The summed E-state index contributed by atoms with van der Waals surface area (Å²) in [5.41, 5.74) is 0.777. The molecule has 2 nitrogen and oxygen atoms in total. The molecule has 0 bridgehead atoms. The van der Waals surface area contributed by atoms with E-state index < -0.39 is 5.82 Å². The van der Waals surface area contributed by atoms with Gasteiger partial charge in [0.1, 0.15) is 11.6 Å². The van der Waals surface area contributed by atoms with Crippen LogP contribution >= 0.6 is 0 Å². The summed E-state index contributed by atoms with van der Waals surface area (Å²) >= 11 is 0. The predicted octanol–water partition coefficient (Wildman–Crippen LogP) is 2.81. The summed E-state index contributed by atoms with van der Waals surface area (Å²) in [6.45, 7) is 4.83. The molecule has 84 valence electrons. The van der Waals surface area contributed by atoms with Crippen LogP contribution in [0, 0.1) is 5.82 Å². The van der Waals surface area contributed by atoms with Crippen LogP contribution in [0.1, 0.15) is 32.3 Å². The first-order valence-corrected chi connectivity index (χ1v) is 5.37. The Bertz CT molecular complexity index is 290. The maximum Gasteiger partial charge on any atom is 0.127 e. The lowest BCUT2D eigenvalue weighted by molar-refractivity contribution is 0.461. The van der Waals surface area contributed by atoms with Crippen LogP contribution in [0.3, 0.4) is 0 Å². The number of benzene rings is 1. The zero-order chi connectivity index (χ0) is 11.3. The number of halogens is 1. The Morgan fingerprint density at radius 1 is 1.27 bits per heavy atom. The second-order valence-corrected chi connectivity index (χ2v) is 3.71. The van der Waals surface area contributed by atoms with Crippen molar-refractivity contribution in [1.29, 1.82) is 0 Å². The summed E-state index contributed by atoms with van der Waals surface area (Å²) in [5, 5.41) is 12.5. The minimum Gasteiger partial charge on any atom is -0.508 e. The molecule has 0 aliphatic heterocycles. The van der Waals surface area contributed by atoms with Gasteiger partial charge in [0.05, 0.1) is 0 Å². The van der Waals surface area contributed by atoms with Crippen molar-refractivity contribution in [3.63, 3.8) is 0 Å². The molecule has 1 aromatic carbocycles. The zero-order valence-corrected chi connectivity index (χ0v) is 9.26. The van der Waals surface area contributed by atoms with E-state index in [1.807, 2.05) is 0 Å². The van der Waals surface area contributed by atoms with E-state index >= 15 is 0 Å². The minimum atomic E-state index is -0.392. The van der Waals surface area contributed by atoms with Crippen LogP contribution < -0.4 is 5.32 Å². The van der Waals surface area contributed by atoms with E-state index in [-0.39, 0.29) is 5.75 Å². The maximum atomic E-state index is 12.9. The average molecular weight is 211 g/mol. The van der Waals surface area contributed by atoms with Gasteiger partial charge >= 0.3 is 0 Å². The number of phenols is 1. The lowest BCUT2D eigenvalue weighted by Gasteiger charge is -2.14. The lowest BCUT2D eigenvalue weighted by Crippen LogP contribution is -2.26. The molecular weight excluding hydrogens is 193 g/mol. The molecule has 2 N–H and O–H groups in total. The van der Waals surface area contributed by atoms with Gasteiger partial charge in [0, 0.05) is 18.7 Å². The Balaban J connectivity index is 2.57. The number of hydrogen-bond donors (Lipinski definition) is 2. The molecule has 0 fully saturated rings. The lowest BCUT2D eigenvalue weighted by atomic mass is 10.1. The Hall–Kier alpha value is -1.09. The third kappa shape index (κ3) is 3.88. The highest BCUT2D eigenvalue weighted by atomic mass is 19.1. The molecule has 0 heterocycles. The summed E-state index contributed by atoms with van der Waals surface area (Å²) in [7, 11) is 0. The van der Waals surface area contributed by atoms with Crippen molar-refractivity contribution in [1.82, 2.24) is 5.32 Å². The van der Waals surface area contributed by atoms with Crippen molar-refractivity contribution < 1.29 is 9.50 Å². The van der Waals surface area contributed by atoms with E-state index in [1.165, 1.54) is 6.07 Å². The fourth-order valence-electron chi connectivity index (χ4n) is 1.57. The third-order valence-electron chi connectivity index (χ3n) is 2.52. The van der Waals surface area contributed by atoms with E-state index in [0.29, 0.717) is 12.6 Å². The van der Waals surface area contributed by atoms with Crippen LogP contribution in [-0.4, -0.2) is 11.1 Å². The molecule has 0 radical (unpaired) electrons. The highest BCUT2D eigenvalue weighted by Crippen LogP contribution is 2.14. The van der Waals surface area contributed by atoms with Crippen LogP contribution in [0.15, 0.2) is 18.2 Å². The van der Waals surface area contributed by atoms with Crippen LogP contribution in [-0.2, 0) is 6.54 Å². The SMILES string of the molecule is CCC(CC)NCc1cc(O)cc(F)c1. The monoisotopic (exact) mass is 211 g/mol.